The number of nitrogens with one attached hydrogen (secondary N) is 1. The largest absolute Gasteiger partial charge is 0.377 e. The fourth-order valence-corrected chi connectivity index (χ4v) is 2.72. The van der Waals surface area contributed by atoms with Crippen molar-refractivity contribution in [2.24, 2.45) is 5.84 Å². The molecule has 100 valence electrons. The van der Waals surface area contributed by atoms with Crippen LogP contribution in [0, 0.1) is 0 Å². The number of halogens is 2. The van der Waals surface area contributed by atoms with Crippen molar-refractivity contribution >= 4 is 23.2 Å². The smallest absolute Gasteiger partial charge is 0.0744 e. The second-order valence-corrected chi connectivity index (χ2v) is 5.38. The van der Waals surface area contributed by atoms with Gasteiger partial charge in [-0.05, 0) is 37.3 Å². The number of hydrogen-bond acceptors (Lipinski definition) is 3. The topological polar surface area (TPSA) is 47.3 Å². The predicted molar refractivity (Wildman–Crippen MR) is 74.9 cm³/mol. The van der Waals surface area contributed by atoms with Crippen LogP contribution in [0.2, 0.25) is 10.0 Å². The van der Waals surface area contributed by atoms with Gasteiger partial charge in [-0.25, -0.2) is 0 Å². The lowest BCUT2D eigenvalue weighted by Gasteiger charge is -2.30. The molecule has 1 aliphatic rings. The van der Waals surface area contributed by atoms with Gasteiger partial charge in [0.1, 0.15) is 0 Å². The molecule has 2 atom stereocenters. The van der Waals surface area contributed by atoms with Crippen LogP contribution in [0.1, 0.15) is 24.8 Å². The molecule has 1 heterocycles. The molecule has 5 heteroatoms. The van der Waals surface area contributed by atoms with E-state index >= 15 is 0 Å². The molecule has 0 amide bonds. The maximum absolute atomic E-state index is 6.19. The number of benzene rings is 1. The summed E-state index contributed by atoms with van der Waals surface area (Å²) in [5.41, 5.74) is 3.84. The molecular weight excluding hydrogens is 271 g/mol. The predicted octanol–water partition coefficient (Wildman–Crippen LogP) is 2.94. The first-order valence-electron chi connectivity index (χ1n) is 6.23. The molecule has 2 rings (SSSR count). The Morgan fingerprint density at radius 1 is 1.39 bits per heavy atom. The Morgan fingerprint density at radius 2 is 2.22 bits per heavy atom. The van der Waals surface area contributed by atoms with Crippen LogP contribution in [0.5, 0.6) is 0 Å². The molecule has 0 radical (unpaired) electrons. The summed E-state index contributed by atoms with van der Waals surface area (Å²) in [6, 6.07) is 5.73. The van der Waals surface area contributed by atoms with E-state index in [0.717, 1.165) is 31.4 Å². The fraction of sp³-hybridized carbons (Fsp3) is 0.538. The Balaban J connectivity index is 2.07. The average Bonchev–Trinajstić information content (AvgIpc) is 2.41. The van der Waals surface area contributed by atoms with Gasteiger partial charge in [-0.1, -0.05) is 35.3 Å². The summed E-state index contributed by atoms with van der Waals surface area (Å²) in [4.78, 5) is 0. The van der Waals surface area contributed by atoms with E-state index in [-0.39, 0.29) is 12.1 Å². The third-order valence-corrected chi connectivity index (χ3v) is 4.21. The molecule has 1 fully saturated rings. The molecule has 3 N–H and O–H groups in total. The van der Waals surface area contributed by atoms with Crippen LogP contribution in [-0.4, -0.2) is 18.8 Å². The van der Waals surface area contributed by atoms with Gasteiger partial charge in [0.15, 0.2) is 0 Å². The van der Waals surface area contributed by atoms with Crippen LogP contribution >= 0.6 is 23.2 Å². The zero-order valence-corrected chi connectivity index (χ0v) is 11.7. The normalized spacial score (nSPS) is 21.8. The van der Waals surface area contributed by atoms with Gasteiger partial charge in [0.25, 0.3) is 0 Å². The second-order valence-electron chi connectivity index (χ2n) is 4.60. The highest BCUT2D eigenvalue weighted by Crippen LogP contribution is 2.27. The number of hydrogen-bond donors (Lipinski definition) is 2. The van der Waals surface area contributed by atoms with E-state index in [4.69, 9.17) is 33.8 Å². The molecule has 1 saturated heterocycles. The lowest BCUT2D eigenvalue weighted by Crippen LogP contribution is -2.47. The summed E-state index contributed by atoms with van der Waals surface area (Å²) in [7, 11) is 0. The van der Waals surface area contributed by atoms with Gasteiger partial charge in [-0.3, -0.25) is 11.3 Å². The maximum atomic E-state index is 6.19. The van der Waals surface area contributed by atoms with Crippen molar-refractivity contribution in [2.45, 2.75) is 37.8 Å². The second kappa shape index (κ2) is 6.73. The van der Waals surface area contributed by atoms with Crippen molar-refractivity contribution in [1.29, 1.82) is 0 Å². The molecule has 0 bridgehead atoms. The van der Waals surface area contributed by atoms with Gasteiger partial charge in [0.2, 0.25) is 0 Å². The summed E-state index contributed by atoms with van der Waals surface area (Å²) < 4.78 is 5.75. The minimum absolute atomic E-state index is 0.0706. The lowest BCUT2D eigenvalue weighted by molar-refractivity contribution is -0.00743. The molecule has 3 nitrogen and oxygen atoms in total. The van der Waals surface area contributed by atoms with Gasteiger partial charge >= 0.3 is 0 Å². The Morgan fingerprint density at radius 3 is 2.89 bits per heavy atom. The van der Waals surface area contributed by atoms with Crippen molar-refractivity contribution in [1.82, 2.24) is 5.43 Å². The Labute approximate surface area is 118 Å². The number of hydrazine groups is 1. The first-order valence-corrected chi connectivity index (χ1v) is 6.98. The zero-order valence-electron chi connectivity index (χ0n) is 10.2. The number of nitrogens with two attached hydrogens (primary N) is 1. The summed E-state index contributed by atoms with van der Waals surface area (Å²) >= 11 is 12.2. The van der Waals surface area contributed by atoms with Gasteiger partial charge in [-0.15, -0.1) is 0 Å². The highest BCUT2D eigenvalue weighted by atomic mass is 35.5. The molecule has 1 aliphatic heterocycles. The summed E-state index contributed by atoms with van der Waals surface area (Å²) in [5.74, 6) is 5.63. The average molecular weight is 289 g/mol. The molecule has 0 saturated carbocycles. The molecule has 18 heavy (non-hydrogen) atoms. The summed E-state index contributed by atoms with van der Waals surface area (Å²) in [6.07, 6.45) is 4.23. The van der Waals surface area contributed by atoms with Gasteiger partial charge in [0, 0.05) is 6.61 Å². The lowest BCUT2D eigenvalue weighted by atomic mass is 9.96. The van der Waals surface area contributed by atoms with Crippen LogP contribution in [0.3, 0.4) is 0 Å². The third kappa shape index (κ3) is 3.37. The Hall–Kier alpha value is -0.320. The van der Waals surface area contributed by atoms with Crippen molar-refractivity contribution < 1.29 is 4.74 Å². The van der Waals surface area contributed by atoms with E-state index in [0.29, 0.717) is 10.0 Å². The molecule has 1 aromatic carbocycles. The summed E-state index contributed by atoms with van der Waals surface area (Å²) in [5, 5.41) is 1.18. The minimum Gasteiger partial charge on any atom is -0.377 e. The first-order chi connectivity index (χ1) is 8.72. The monoisotopic (exact) mass is 288 g/mol. The van der Waals surface area contributed by atoms with Crippen LogP contribution in [0.25, 0.3) is 0 Å². The van der Waals surface area contributed by atoms with E-state index in [1.165, 1.54) is 6.42 Å². The molecule has 0 spiro atoms. The van der Waals surface area contributed by atoms with E-state index in [2.05, 4.69) is 5.43 Å². The zero-order chi connectivity index (χ0) is 13.0. The Bertz CT molecular complexity index is 395. The molecule has 1 aromatic rings. The van der Waals surface area contributed by atoms with Gasteiger partial charge in [-0.2, -0.15) is 0 Å². The van der Waals surface area contributed by atoms with Crippen molar-refractivity contribution in [3.8, 4) is 0 Å². The fourth-order valence-electron chi connectivity index (χ4n) is 2.32. The third-order valence-electron chi connectivity index (χ3n) is 3.35. The highest BCUT2D eigenvalue weighted by molar-refractivity contribution is 6.42. The molecule has 0 aliphatic carbocycles. The highest BCUT2D eigenvalue weighted by Gasteiger charge is 2.24. The van der Waals surface area contributed by atoms with E-state index < -0.39 is 0 Å². The van der Waals surface area contributed by atoms with Crippen molar-refractivity contribution in [3.05, 3.63) is 33.8 Å². The van der Waals surface area contributed by atoms with Crippen LogP contribution < -0.4 is 11.3 Å². The van der Waals surface area contributed by atoms with Crippen LogP contribution in [0.15, 0.2) is 18.2 Å². The summed E-state index contributed by atoms with van der Waals surface area (Å²) in [6.45, 7) is 0.812. The maximum Gasteiger partial charge on any atom is 0.0744 e. The molecule has 0 aromatic heterocycles. The van der Waals surface area contributed by atoms with E-state index in [1.807, 2.05) is 12.1 Å². The van der Waals surface area contributed by atoms with Gasteiger partial charge in [0.05, 0.1) is 22.2 Å². The molecular formula is C13H18Cl2N2O. The number of ether oxygens (including phenoxy) is 1. The van der Waals surface area contributed by atoms with E-state index in [1.54, 1.807) is 6.07 Å². The van der Waals surface area contributed by atoms with Crippen LogP contribution in [0.4, 0.5) is 0 Å². The van der Waals surface area contributed by atoms with Gasteiger partial charge < -0.3 is 4.74 Å². The molecule has 2 unspecified atom stereocenters. The minimum atomic E-state index is 0.0706. The van der Waals surface area contributed by atoms with Crippen molar-refractivity contribution in [2.75, 3.05) is 6.61 Å². The van der Waals surface area contributed by atoms with Crippen LogP contribution in [-0.2, 0) is 11.2 Å². The van der Waals surface area contributed by atoms with E-state index in [9.17, 15) is 0 Å². The van der Waals surface area contributed by atoms with Crippen molar-refractivity contribution in [3.63, 3.8) is 0 Å². The standard InChI is InChI=1S/C13H18Cl2N2O/c14-10-5-3-4-9(13(10)15)8-11(17-16)12-6-1-2-7-18-12/h3-5,11-12,17H,1-2,6-8,16H2. The number of rotatable bonds is 4. The first kappa shape index (κ1) is 14.1. The SMILES string of the molecule is NNC(Cc1cccc(Cl)c1Cl)C1CCCCO1. The quantitative estimate of drug-likeness (QED) is 0.662. The Kier molecular flexibility index (Phi) is 5.27.